The summed E-state index contributed by atoms with van der Waals surface area (Å²) in [6.07, 6.45) is 5.79. The smallest absolute Gasteiger partial charge is 0.227 e. The Kier molecular flexibility index (Phi) is 4.90. The van der Waals surface area contributed by atoms with Crippen molar-refractivity contribution in [3.8, 4) is 5.75 Å². The Labute approximate surface area is 138 Å². The minimum atomic E-state index is -0.141. The highest BCUT2D eigenvalue weighted by molar-refractivity contribution is 5.83. The summed E-state index contributed by atoms with van der Waals surface area (Å²) in [5.74, 6) is 1.93. The van der Waals surface area contributed by atoms with E-state index in [9.17, 15) is 4.79 Å². The first-order valence-electron chi connectivity index (χ1n) is 8.78. The number of methoxy groups -OCH3 is 1. The Balaban J connectivity index is 1.65. The number of benzene rings is 1. The molecule has 2 aliphatic carbocycles. The average Bonchev–Trinajstić information content (AvgIpc) is 2.55. The van der Waals surface area contributed by atoms with Gasteiger partial charge in [-0.2, -0.15) is 0 Å². The van der Waals surface area contributed by atoms with Gasteiger partial charge in [-0.25, -0.2) is 0 Å². The molecule has 3 atom stereocenters. The number of amides is 1. The number of rotatable bonds is 4. The van der Waals surface area contributed by atoms with Crippen LogP contribution in [0.2, 0.25) is 0 Å². The first-order valence-corrected chi connectivity index (χ1v) is 8.78. The predicted octanol–water partition coefficient (Wildman–Crippen LogP) is 2.82. The van der Waals surface area contributed by atoms with Crippen molar-refractivity contribution in [2.75, 3.05) is 7.11 Å². The molecule has 0 aliphatic heterocycles. The van der Waals surface area contributed by atoms with Gasteiger partial charge in [-0.05, 0) is 62.1 Å². The fourth-order valence-electron chi connectivity index (χ4n) is 4.36. The van der Waals surface area contributed by atoms with Crippen molar-refractivity contribution in [2.24, 2.45) is 17.6 Å². The molecule has 4 nitrogen and oxygen atoms in total. The molecule has 3 rings (SSSR count). The van der Waals surface area contributed by atoms with Crippen LogP contribution in [-0.4, -0.2) is 25.1 Å². The second-order valence-corrected chi connectivity index (χ2v) is 7.21. The van der Waals surface area contributed by atoms with Crippen LogP contribution in [0.1, 0.15) is 50.5 Å². The van der Waals surface area contributed by atoms with E-state index in [1.165, 1.54) is 19.3 Å². The normalized spacial score (nSPS) is 31.3. The highest BCUT2D eigenvalue weighted by Crippen LogP contribution is 2.40. The van der Waals surface area contributed by atoms with Crippen LogP contribution >= 0.6 is 0 Å². The molecule has 0 heterocycles. The summed E-state index contributed by atoms with van der Waals surface area (Å²) in [6, 6.07) is 8.40. The van der Waals surface area contributed by atoms with Crippen LogP contribution < -0.4 is 15.8 Å². The molecular weight excluding hydrogens is 288 g/mol. The van der Waals surface area contributed by atoms with Gasteiger partial charge < -0.3 is 15.8 Å². The van der Waals surface area contributed by atoms with Gasteiger partial charge in [-0.15, -0.1) is 0 Å². The van der Waals surface area contributed by atoms with Gasteiger partial charge in [0.1, 0.15) is 5.75 Å². The second-order valence-electron chi connectivity index (χ2n) is 7.21. The third-order valence-corrected chi connectivity index (χ3v) is 5.69. The van der Waals surface area contributed by atoms with Crippen molar-refractivity contribution >= 4 is 5.91 Å². The molecule has 126 valence electrons. The Morgan fingerprint density at radius 2 is 1.83 bits per heavy atom. The summed E-state index contributed by atoms with van der Waals surface area (Å²) in [5.41, 5.74) is 7.20. The molecule has 0 spiro atoms. The monoisotopic (exact) mass is 316 g/mol. The summed E-state index contributed by atoms with van der Waals surface area (Å²) in [7, 11) is 1.65. The SMILES string of the molecule is COc1ccc(C(C)C(=O)NC2C3CCCC2CC(N)C3)cc1. The maximum absolute atomic E-state index is 12.7. The minimum absolute atomic E-state index is 0.132. The van der Waals surface area contributed by atoms with Crippen LogP contribution in [-0.2, 0) is 4.79 Å². The molecule has 2 bridgehead atoms. The van der Waals surface area contributed by atoms with Crippen LogP contribution in [0.25, 0.3) is 0 Å². The van der Waals surface area contributed by atoms with Gasteiger partial charge in [0.15, 0.2) is 0 Å². The van der Waals surface area contributed by atoms with E-state index in [1.54, 1.807) is 7.11 Å². The number of ether oxygens (including phenoxy) is 1. The van der Waals surface area contributed by atoms with Gasteiger partial charge >= 0.3 is 0 Å². The van der Waals surface area contributed by atoms with Crippen molar-refractivity contribution in [1.82, 2.24) is 5.32 Å². The van der Waals surface area contributed by atoms with Crippen molar-refractivity contribution in [3.63, 3.8) is 0 Å². The molecule has 4 heteroatoms. The van der Waals surface area contributed by atoms with Crippen LogP contribution in [0.15, 0.2) is 24.3 Å². The molecule has 0 radical (unpaired) electrons. The fraction of sp³-hybridized carbons (Fsp3) is 0.632. The van der Waals surface area contributed by atoms with Gasteiger partial charge in [0.25, 0.3) is 0 Å². The first-order chi connectivity index (χ1) is 11.1. The standard InChI is InChI=1S/C19H28N2O2/c1-12(13-6-8-17(23-2)9-7-13)19(22)21-18-14-4-3-5-15(18)11-16(20)10-14/h6-9,12,14-16,18H,3-5,10-11,20H2,1-2H3,(H,21,22). The van der Waals surface area contributed by atoms with Crippen molar-refractivity contribution in [2.45, 2.75) is 57.0 Å². The topological polar surface area (TPSA) is 64.3 Å². The largest absolute Gasteiger partial charge is 0.497 e. The second kappa shape index (κ2) is 6.91. The third kappa shape index (κ3) is 3.52. The van der Waals surface area contributed by atoms with Crippen molar-refractivity contribution < 1.29 is 9.53 Å². The van der Waals surface area contributed by atoms with E-state index >= 15 is 0 Å². The summed E-state index contributed by atoms with van der Waals surface area (Å²) >= 11 is 0. The number of carbonyl (C=O) groups is 1. The lowest BCUT2D eigenvalue weighted by Crippen LogP contribution is -2.54. The average molecular weight is 316 g/mol. The van der Waals surface area contributed by atoms with Crippen LogP contribution in [0, 0.1) is 11.8 Å². The van der Waals surface area contributed by atoms with Gasteiger partial charge in [-0.3, -0.25) is 4.79 Å². The maximum atomic E-state index is 12.7. The lowest BCUT2D eigenvalue weighted by Gasteiger charge is -2.45. The molecule has 2 saturated carbocycles. The van der Waals surface area contributed by atoms with E-state index in [4.69, 9.17) is 10.5 Å². The van der Waals surface area contributed by atoms with E-state index in [-0.39, 0.29) is 11.8 Å². The molecule has 1 aromatic carbocycles. The highest BCUT2D eigenvalue weighted by Gasteiger charge is 2.40. The van der Waals surface area contributed by atoms with Crippen LogP contribution in [0.5, 0.6) is 5.75 Å². The quantitative estimate of drug-likeness (QED) is 0.898. The summed E-state index contributed by atoms with van der Waals surface area (Å²) < 4.78 is 5.18. The number of nitrogens with one attached hydrogen (secondary N) is 1. The lowest BCUT2D eigenvalue weighted by molar-refractivity contribution is -0.124. The van der Waals surface area contributed by atoms with Crippen molar-refractivity contribution in [3.05, 3.63) is 29.8 Å². The van der Waals surface area contributed by atoms with E-state index in [2.05, 4.69) is 5.32 Å². The first kappa shape index (κ1) is 16.3. The number of hydrogen-bond acceptors (Lipinski definition) is 3. The Morgan fingerprint density at radius 3 is 2.39 bits per heavy atom. The van der Waals surface area contributed by atoms with Gasteiger partial charge in [0, 0.05) is 12.1 Å². The molecule has 0 aromatic heterocycles. The molecule has 2 fully saturated rings. The number of nitrogens with two attached hydrogens (primary N) is 1. The Bertz CT molecular complexity index is 529. The van der Waals surface area contributed by atoms with Crippen molar-refractivity contribution in [1.29, 1.82) is 0 Å². The van der Waals surface area contributed by atoms with Crippen LogP contribution in [0.4, 0.5) is 0 Å². The fourth-order valence-corrected chi connectivity index (χ4v) is 4.36. The number of carbonyl (C=O) groups excluding carboxylic acids is 1. The molecule has 2 aliphatic rings. The molecule has 1 amide bonds. The van der Waals surface area contributed by atoms with E-state index in [0.29, 0.717) is 23.9 Å². The van der Waals surface area contributed by atoms with Gasteiger partial charge in [0.05, 0.1) is 13.0 Å². The lowest BCUT2D eigenvalue weighted by atomic mass is 9.67. The molecule has 1 aromatic rings. The van der Waals surface area contributed by atoms with E-state index in [1.807, 2.05) is 31.2 Å². The molecule has 23 heavy (non-hydrogen) atoms. The maximum Gasteiger partial charge on any atom is 0.227 e. The third-order valence-electron chi connectivity index (χ3n) is 5.69. The Hall–Kier alpha value is -1.55. The minimum Gasteiger partial charge on any atom is -0.497 e. The zero-order chi connectivity index (χ0) is 16.4. The summed E-state index contributed by atoms with van der Waals surface area (Å²) in [6.45, 7) is 1.97. The van der Waals surface area contributed by atoms with E-state index < -0.39 is 0 Å². The Morgan fingerprint density at radius 1 is 1.22 bits per heavy atom. The summed E-state index contributed by atoms with van der Waals surface area (Å²) in [4.78, 5) is 12.7. The van der Waals surface area contributed by atoms with Crippen LogP contribution in [0.3, 0.4) is 0 Å². The van der Waals surface area contributed by atoms with Gasteiger partial charge in [0.2, 0.25) is 5.91 Å². The molecule has 0 saturated heterocycles. The highest BCUT2D eigenvalue weighted by atomic mass is 16.5. The zero-order valence-corrected chi connectivity index (χ0v) is 14.1. The molecule has 3 N–H and O–H groups in total. The van der Waals surface area contributed by atoms with E-state index in [0.717, 1.165) is 24.2 Å². The zero-order valence-electron chi connectivity index (χ0n) is 14.1. The number of fused-ring (bicyclic) bond motifs is 2. The molecular formula is C19H28N2O2. The summed E-state index contributed by atoms with van der Waals surface area (Å²) in [5, 5.41) is 3.34. The molecule has 3 unspecified atom stereocenters. The number of hydrogen-bond donors (Lipinski definition) is 2. The van der Waals surface area contributed by atoms with Gasteiger partial charge in [-0.1, -0.05) is 18.6 Å². The predicted molar refractivity (Wildman–Crippen MR) is 91.4 cm³/mol.